The molecule has 0 saturated carbocycles. The van der Waals surface area contributed by atoms with E-state index in [0.717, 1.165) is 24.5 Å². The van der Waals surface area contributed by atoms with E-state index in [1.807, 2.05) is 19.1 Å². The lowest BCUT2D eigenvalue weighted by Crippen LogP contribution is -2.45. The Labute approximate surface area is 116 Å². The SMILES string of the molecule is CCC(N)C(c1ccc(C)o1)N(CCOC)C(C)C. The number of aryl methyl sites for hydroxylation is 1. The molecule has 0 aliphatic rings. The van der Waals surface area contributed by atoms with Gasteiger partial charge in [-0.05, 0) is 39.3 Å². The molecule has 0 spiro atoms. The first-order valence-electron chi connectivity index (χ1n) is 7.07. The Morgan fingerprint density at radius 2 is 2.05 bits per heavy atom. The van der Waals surface area contributed by atoms with Gasteiger partial charge in [0.1, 0.15) is 11.5 Å². The third-order valence-corrected chi connectivity index (χ3v) is 3.50. The fourth-order valence-electron chi connectivity index (χ4n) is 2.37. The van der Waals surface area contributed by atoms with Crippen LogP contribution in [0.2, 0.25) is 0 Å². The van der Waals surface area contributed by atoms with E-state index in [1.54, 1.807) is 7.11 Å². The van der Waals surface area contributed by atoms with Crippen LogP contribution in [0.3, 0.4) is 0 Å². The Kier molecular flexibility index (Phi) is 6.55. The summed E-state index contributed by atoms with van der Waals surface area (Å²) in [7, 11) is 1.73. The first-order valence-corrected chi connectivity index (χ1v) is 7.07. The number of hydrogen-bond donors (Lipinski definition) is 1. The average Bonchev–Trinajstić information content (AvgIpc) is 2.79. The molecular weight excluding hydrogens is 240 g/mol. The fourth-order valence-corrected chi connectivity index (χ4v) is 2.37. The molecule has 1 aromatic heterocycles. The molecule has 110 valence electrons. The summed E-state index contributed by atoms with van der Waals surface area (Å²) < 4.78 is 11.0. The van der Waals surface area contributed by atoms with Gasteiger partial charge in [0.15, 0.2) is 0 Å². The van der Waals surface area contributed by atoms with Gasteiger partial charge in [0.2, 0.25) is 0 Å². The van der Waals surface area contributed by atoms with Gasteiger partial charge < -0.3 is 14.9 Å². The molecule has 19 heavy (non-hydrogen) atoms. The van der Waals surface area contributed by atoms with Crippen molar-refractivity contribution >= 4 is 0 Å². The smallest absolute Gasteiger partial charge is 0.122 e. The van der Waals surface area contributed by atoms with Crippen molar-refractivity contribution in [2.75, 3.05) is 20.3 Å². The molecule has 0 aliphatic carbocycles. The maximum atomic E-state index is 6.33. The predicted molar refractivity (Wildman–Crippen MR) is 78.2 cm³/mol. The zero-order chi connectivity index (χ0) is 14.4. The lowest BCUT2D eigenvalue weighted by molar-refractivity contribution is 0.0727. The molecule has 0 amide bonds. The standard InChI is InChI=1S/C15H28N2O2/c1-6-13(16)15(14-8-7-12(4)19-14)17(11(2)3)9-10-18-5/h7-8,11,13,15H,6,9-10,16H2,1-5H3. The van der Waals surface area contributed by atoms with Crippen molar-refractivity contribution in [1.82, 2.24) is 4.90 Å². The Morgan fingerprint density at radius 1 is 1.37 bits per heavy atom. The van der Waals surface area contributed by atoms with Gasteiger partial charge in [-0.2, -0.15) is 0 Å². The van der Waals surface area contributed by atoms with E-state index in [-0.39, 0.29) is 12.1 Å². The van der Waals surface area contributed by atoms with Gasteiger partial charge in [0.05, 0.1) is 12.6 Å². The first kappa shape index (κ1) is 16.2. The molecule has 2 atom stereocenters. The summed E-state index contributed by atoms with van der Waals surface area (Å²) in [5, 5.41) is 0. The highest BCUT2D eigenvalue weighted by Gasteiger charge is 2.29. The molecule has 4 nitrogen and oxygen atoms in total. The summed E-state index contributed by atoms with van der Waals surface area (Å²) in [4.78, 5) is 2.36. The number of methoxy groups -OCH3 is 1. The zero-order valence-electron chi connectivity index (χ0n) is 12.8. The third kappa shape index (κ3) is 4.34. The zero-order valence-corrected chi connectivity index (χ0v) is 12.8. The predicted octanol–water partition coefficient (Wildman–Crippen LogP) is 2.72. The van der Waals surface area contributed by atoms with Crippen LogP contribution in [0, 0.1) is 6.92 Å². The van der Waals surface area contributed by atoms with Crippen LogP contribution in [0.4, 0.5) is 0 Å². The number of nitrogens with zero attached hydrogens (tertiary/aromatic N) is 1. The molecule has 0 radical (unpaired) electrons. The maximum Gasteiger partial charge on any atom is 0.122 e. The summed E-state index contributed by atoms with van der Waals surface area (Å²) >= 11 is 0. The maximum absolute atomic E-state index is 6.33. The highest BCUT2D eigenvalue weighted by atomic mass is 16.5. The Hall–Kier alpha value is -0.840. The molecule has 0 bridgehead atoms. The molecule has 0 saturated heterocycles. The quantitative estimate of drug-likeness (QED) is 0.787. The van der Waals surface area contributed by atoms with Gasteiger partial charge in [0, 0.05) is 25.7 Å². The van der Waals surface area contributed by atoms with Crippen LogP contribution in [-0.2, 0) is 4.74 Å². The van der Waals surface area contributed by atoms with Crippen LogP contribution in [0.1, 0.15) is 44.8 Å². The molecule has 1 rings (SSSR count). The second-order valence-electron chi connectivity index (χ2n) is 5.29. The van der Waals surface area contributed by atoms with Crippen LogP contribution < -0.4 is 5.73 Å². The topological polar surface area (TPSA) is 51.6 Å². The van der Waals surface area contributed by atoms with Gasteiger partial charge in [0.25, 0.3) is 0 Å². The molecule has 0 aliphatic heterocycles. The lowest BCUT2D eigenvalue weighted by Gasteiger charge is -2.36. The molecule has 2 N–H and O–H groups in total. The van der Waals surface area contributed by atoms with Crippen molar-refractivity contribution in [3.8, 4) is 0 Å². The van der Waals surface area contributed by atoms with Crippen molar-refractivity contribution in [3.05, 3.63) is 23.7 Å². The summed E-state index contributed by atoms with van der Waals surface area (Å²) in [6.45, 7) is 9.99. The third-order valence-electron chi connectivity index (χ3n) is 3.50. The van der Waals surface area contributed by atoms with Gasteiger partial charge in [-0.3, -0.25) is 4.90 Å². The van der Waals surface area contributed by atoms with Gasteiger partial charge in [-0.15, -0.1) is 0 Å². The van der Waals surface area contributed by atoms with E-state index in [4.69, 9.17) is 14.9 Å². The van der Waals surface area contributed by atoms with Crippen LogP contribution in [0.25, 0.3) is 0 Å². The molecule has 1 aromatic rings. The lowest BCUT2D eigenvalue weighted by atomic mass is 10.0. The number of rotatable bonds is 8. The van der Waals surface area contributed by atoms with Crippen LogP contribution >= 0.6 is 0 Å². The van der Waals surface area contributed by atoms with E-state index >= 15 is 0 Å². The van der Waals surface area contributed by atoms with Crippen molar-refractivity contribution in [2.24, 2.45) is 5.73 Å². The van der Waals surface area contributed by atoms with Gasteiger partial charge in [-0.25, -0.2) is 0 Å². The average molecular weight is 268 g/mol. The Bertz CT molecular complexity index is 363. The molecule has 0 fully saturated rings. The first-order chi connectivity index (χ1) is 9.01. The highest BCUT2D eigenvalue weighted by Crippen LogP contribution is 2.28. The van der Waals surface area contributed by atoms with Crippen LogP contribution in [-0.4, -0.2) is 37.2 Å². The minimum Gasteiger partial charge on any atom is -0.465 e. The number of furan rings is 1. The normalized spacial score (nSPS) is 15.2. The molecular formula is C15H28N2O2. The van der Waals surface area contributed by atoms with Crippen LogP contribution in [0.5, 0.6) is 0 Å². The van der Waals surface area contributed by atoms with Crippen molar-refractivity contribution in [3.63, 3.8) is 0 Å². The Morgan fingerprint density at radius 3 is 2.47 bits per heavy atom. The van der Waals surface area contributed by atoms with E-state index in [9.17, 15) is 0 Å². The van der Waals surface area contributed by atoms with E-state index in [2.05, 4.69) is 25.7 Å². The molecule has 0 aromatic carbocycles. The van der Waals surface area contributed by atoms with Crippen molar-refractivity contribution in [1.29, 1.82) is 0 Å². The summed E-state index contributed by atoms with van der Waals surface area (Å²) in [6, 6.07) is 4.60. The minimum atomic E-state index is 0.0600. The summed E-state index contributed by atoms with van der Waals surface area (Å²) in [5.41, 5.74) is 6.33. The second kappa shape index (κ2) is 7.68. The minimum absolute atomic E-state index is 0.0600. The summed E-state index contributed by atoms with van der Waals surface area (Å²) in [5.74, 6) is 1.88. The second-order valence-corrected chi connectivity index (χ2v) is 5.29. The van der Waals surface area contributed by atoms with Crippen molar-refractivity contribution in [2.45, 2.75) is 52.2 Å². The van der Waals surface area contributed by atoms with E-state index < -0.39 is 0 Å². The number of hydrogen-bond acceptors (Lipinski definition) is 4. The largest absolute Gasteiger partial charge is 0.465 e. The number of nitrogens with two attached hydrogens (primary N) is 1. The van der Waals surface area contributed by atoms with E-state index in [0.29, 0.717) is 12.6 Å². The fraction of sp³-hybridized carbons (Fsp3) is 0.733. The van der Waals surface area contributed by atoms with Crippen LogP contribution in [0.15, 0.2) is 16.5 Å². The van der Waals surface area contributed by atoms with Gasteiger partial charge in [-0.1, -0.05) is 6.92 Å². The van der Waals surface area contributed by atoms with Crippen molar-refractivity contribution < 1.29 is 9.15 Å². The molecule has 2 unspecified atom stereocenters. The Balaban J connectivity index is 2.99. The van der Waals surface area contributed by atoms with Gasteiger partial charge >= 0.3 is 0 Å². The highest BCUT2D eigenvalue weighted by molar-refractivity contribution is 5.12. The summed E-state index contributed by atoms with van der Waals surface area (Å²) in [6.07, 6.45) is 0.917. The molecule has 4 heteroatoms. The van der Waals surface area contributed by atoms with E-state index in [1.165, 1.54) is 0 Å². The number of ether oxygens (including phenoxy) is 1. The monoisotopic (exact) mass is 268 g/mol. The molecule has 1 heterocycles.